The average Bonchev–Trinajstić information content (AvgIpc) is 2.70. The van der Waals surface area contributed by atoms with Gasteiger partial charge in [0.1, 0.15) is 5.78 Å². The molecule has 6 unspecified atom stereocenters. The Morgan fingerprint density at radius 1 is 0.750 bits per heavy atom. The number of Topliss-reactive ketones (excluding diaryl/α,β-unsaturated/α-hetero) is 1. The molecule has 1 fully saturated rings. The summed E-state index contributed by atoms with van der Waals surface area (Å²) in [7, 11) is 0. The van der Waals surface area contributed by atoms with E-state index in [2.05, 4.69) is 68.9 Å². The molecule has 0 heterocycles. The molecule has 6 atom stereocenters. The number of rotatable bonds is 15. The molecule has 0 amide bonds. The quantitative estimate of drug-likeness (QED) is 0.229. The molecular formula is C31H58O. The summed E-state index contributed by atoms with van der Waals surface area (Å²) in [5, 5.41) is 0. The maximum Gasteiger partial charge on any atom is 0.139 e. The summed E-state index contributed by atoms with van der Waals surface area (Å²) >= 11 is 0. The maximum absolute atomic E-state index is 12.9. The third-order valence-corrected chi connectivity index (χ3v) is 8.89. The van der Waals surface area contributed by atoms with Gasteiger partial charge in [-0.2, -0.15) is 0 Å². The van der Waals surface area contributed by atoms with E-state index in [-0.39, 0.29) is 11.8 Å². The summed E-state index contributed by atoms with van der Waals surface area (Å²) in [6, 6.07) is 0. The number of hydrogen-bond donors (Lipinski definition) is 0. The van der Waals surface area contributed by atoms with Gasteiger partial charge in [0.25, 0.3) is 0 Å². The molecule has 32 heavy (non-hydrogen) atoms. The molecule has 1 aliphatic rings. The highest BCUT2D eigenvalue weighted by atomic mass is 16.1. The van der Waals surface area contributed by atoms with Gasteiger partial charge in [0.05, 0.1) is 0 Å². The Balaban J connectivity index is 2.27. The van der Waals surface area contributed by atoms with Gasteiger partial charge in [-0.05, 0) is 54.3 Å². The topological polar surface area (TPSA) is 17.1 Å². The van der Waals surface area contributed by atoms with Crippen LogP contribution < -0.4 is 0 Å². The van der Waals surface area contributed by atoms with Crippen LogP contribution in [0.2, 0.25) is 0 Å². The van der Waals surface area contributed by atoms with Crippen LogP contribution in [0.5, 0.6) is 0 Å². The molecule has 0 radical (unpaired) electrons. The van der Waals surface area contributed by atoms with Crippen molar-refractivity contribution in [1.29, 1.82) is 0 Å². The van der Waals surface area contributed by atoms with Crippen molar-refractivity contribution in [2.24, 2.45) is 46.8 Å². The van der Waals surface area contributed by atoms with Gasteiger partial charge in [0.2, 0.25) is 0 Å². The highest BCUT2D eigenvalue weighted by Gasteiger charge is 2.40. The molecule has 1 saturated carbocycles. The van der Waals surface area contributed by atoms with E-state index in [1.165, 1.54) is 63.4 Å². The number of allylic oxidation sites excluding steroid dienone is 1. The number of carbonyl (C=O) groups is 1. The van der Waals surface area contributed by atoms with Crippen LogP contribution in [0, 0.1) is 46.8 Å². The Bertz CT molecular complexity index is 557. The monoisotopic (exact) mass is 446 g/mol. The van der Waals surface area contributed by atoms with Crippen LogP contribution >= 0.6 is 0 Å². The number of ketones is 1. The van der Waals surface area contributed by atoms with E-state index >= 15 is 0 Å². The van der Waals surface area contributed by atoms with E-state index in [0.717, 1.165) is 30.6 Å². The highest BCUT2D eigenvalue weighted by molar-refractivity contribution is 5.85. The molecule has 0 spiro atoms. The van der Waals surface area contributed by atoms with E-state index in [0.29, 0.717) is 23.0 Å². The second-order valence-electron chi connectivity index (χ2n) is 13.0. The first-order valence-corrected chi connectivity index (χ1v) is 14.1. The van der Waals surface area contributed by atoms with Gasteiger partial charge in [-0.1, -0.05) is 126 Å². The molecule has 188 valence electrons. The Labute approximate surface area is 202 Å². The fourth-order valence-electron chi connectivity index (χ4n) is 5.80. The standard InChI is InChI=1S/C31H58O/c1-22(2)14-11-15-23(3)16-12-17-24(4)18-13-20-31(9,10)21-19-29-27(7)25(5)26(6)28(8)30(29)32/h22-24,26-29H,5,11-21H2,1-4,6-10H3. The van der Waals surface area contributed by atoms with Crippen molar-refractivity contribution in [3.8, 4) is 0 Å². The van der Waals surface area contributed by atoms with Gasteiger partial charge in [-0.3, -0.25) is 4.79 Å². The predicted molar refractivity (Wildman–Crippen MR) is 143 cm³/mol. The number of hydrogen-bond acceptors (Lipinski definition) is 1. The third kappa shape index (κ3) is 10.1. The van der Waals surface area contributed by atoms with Crippen LogP contribution in [-0.2, 0) is 4.79 Å². The minimum Gasteiger partial charge on any atom is -0.299 e. The normalized spacial score (nSPS) is 26.6. The van der Waals surface area contributed by atoms with E-state index in [1.807, 2.05) is 0 Å². The summed E-state index contributed by atoms with van der Waals surface area (Å²) in [6.07, 6.45) is 14.6. The average molecular weight is 447 g/mol. The Hall–Kier alpha value is -0.590. The predicted octanol–water partition coefficient (Wildman–Crippen LogP) is 9.90. The van der Waals surface area contributed by atoms with Gasteiger partial charge >= 0.3 is 0 Å². The zero-order valence-corrected chi connectivity index (χ0v) is 23.4. The van der Waals surface area contributed by atoms with E-state index in [1.54, 1.807) is 0 Å². The molecule has 0 aromatic carbocycles. The minimum absolute atomic E-state index is 0.144. The van der Waals surface area contributed by atoms with Gasteiger partial charge in [0, 0.05) is 11.8 Å². The van der Waals surface area contributed by atoms with Crippen molar-refractivity contribution in [3.63, 3.8) is 0 Å². The molecule has 1 aliphatic carbocycles. The van der Waals surface area contributed by atoms with Crippen LogP contribution in [-0.4, -0.2) is 5.78 Å². The second kappa shape index (κ2) is 14.0. The molecule has 0 aromatic rings. The lowest BCUT2D eigenvalue weighted by atomic mass is 9.64. The first-order chi connectivity index (χ1) is 14.9. The second-order valence-corrected chi connectivity index (χ2v) is 13.0. The summed E-state index contributed by atoms with van der Waals surface area (Å²) in [5.41, 5.74) is 1.63. The molecular weight excluding hydrogens is 388 g/mol. The minimum atomic E-state index is 0.144. The molecule has 0 aliphatic heterocycles. The van der Waals surface area contributed by atoms with Gasteiger partial charge in [-0.15, -0.1) is 0 Å². The SMILES string of the molecule is C=C1C(C)C(C)C(=O)C(CCC(C)(C)CCCC(C)CCCC(C)CCCC(C)C)C1C. The molecule has 1 rings (SSSR count). The summed E-state index contributed by atoms with van der Waals surface area (Å²) in [4.78, 5) is 12.9. The van der Waals surface area contributed by atoms with Crippen LogP contribution in [0.25, 0.3) is 0 Å². The van der Waals surface area contributed by atoms with Crippen LogP contribution in [0.15, 0.2) is 12.2 Å². The number of carbonyl (C=O) groups excluding carboxylic acids is 1. The van der Waals surface area contributed by atoms with Crippen molar-refractivity contribution in [3.05, 3.63) is 12.2 Å². The van der Waals surface area contributed by atoms with E-state index in [9.17, 15) is 4.79 Å². The first-order valence-electron chi connectivity index (χ1n) is 14.1. The lowest BCUT2D eigenvalue weighted by Crippen LogP contribution is -2.39. The lowest BCUT2D eigenvalue weighted by Gasteiger charge is -2.39. The molecule has 1 heteroatoms. The fraction of sp³-hybridized carbons (Fsp3) is 0.903. The summed E-state index contributed by atoms with van der Waals surface area (Å²) in [6.45, 7) is 25.2. The van der Waals surface area contributed by atoms with Crippen molar-refractivity contribution in [1.82, 2.24) is 0 Å². The Morgan fingerprint density at radius 3 is 1.78 bits per heavy atom. The third-order valence-electron chi connectivity index (χ3n) is 8.89. The molecule has 0 N–H and O–H groups in total. The van der Waals surface area contributed by atoms with Crippen molar-refractivity contribution < 1.29 is 4.79 Å². The largest absolute Gasteiger partial charge is 0.299 e. The van der Waals surface area contributed by atoms with Crippen LogP contribution in [0.1, 0.15) is 133 Å². The maximum atomic E-state index is 12.9. The zero-order valence-electron chi connectivity index (χ0n) is 23.4. The molecule has 0 aromatic heterocycles. The molecule has 0 saturated heterocycles. The highest BCUT2D eigenvalue weighted by Crippen LogP contribution is 2.42. The van der Waals surface area contributed by atoms with E-state index in [4.69, 9.17) is 0 Å². The van der Waals surface area contributed by atoms with Crippen molar-refractivity contribution >= 4 is 5.78 Å². The Morgan fingerprint density at radius 2 is 1.25 bits per heavy atom. The zero-order chi connectivity index (χ0) is 24.5. The smallest absolute Gasteiger partial charge is 0.139 e. The van der Waals surface area contributed by atoms with Crippen molar-refractivity contribution in [2.45, 2.75) is 133 Å². The summed E-state index contributed by atoms with van der Waals surface area (Å²) in [5.74, 6) is 4.10. The van der Waals surface area contributed by atoms with Gasteiger partial charge in [-0.25, -0.2) is 0 Å². The van der Waals surface area contributed by atoms with Crippen molar-refractivity contribution in [2.75, 3.05) is 0 Å². The lowest BCUT2D eigenvalue weighted by molar-refractivity contribution is -0.131. The van der Waals surface area contributed by atoms with Crippen LogP contribution in [0.4, 0.5) is 0 Å². The van der Waals surface area contributed by atoms with Crippen LogP contribution in [0.3, 0.4) is 0 Å². The summed E-state index contributed by atoms with van der Waals surface area (Å²) < 4.78 is 0. The molecule has 1 nitrogen and oxygen atoms in total. The Kier molecular flexibility index (Phi) is 12.8. The first kappa shape index (κ1) is 29.4. The van der Waals surface area contributed by atoms with E-state index < -0.39 is 0 Å². The van der Waals surface area contributed by atoms with Gasteiger partial charge in [0.15, 0.2) is 0 Å². The fourth-order valence-corrected chi connectivity index (χ4v) is 5.80. The molecule has 0 bridgehead atoms. The van der Waals surface area contributed by atoms with Gasteiger partial charge < -0.3 is 0 Å².